The highest BCUT2D eigenvalue weighted by Gasteiger charge is 2.33. The number of thiophene rings is 1. The molecule has 0 fully saturated rings. The van der Waals surface area contributed by atoms with Gasteiger partial charge in [0.05, 0.1) is 16.2 Å². The Hall–Kier alpha value is -2.88. The van der Waals surface area contributed by atoms with Crippen LogP contribution in [-0.4, -0.2) is 19.2 Å². The van der Waals surface area contributed by atoms with Gasteiger partial charge in [-0.2, -0.15) is 0 Å². The first kappa shape index (κ1) is 30.6. The van der Waals surface area contributed by atoms with E-state index in [9.17, 15) is 4.79 Å². The third-order valence-corrected chi connectivity index (χ3v) is 9.98. The summed E-state index contributed by atoms with van der Waals surface area (Å²) in [6.45, 7) is 7.23. The highest BCUT2D eigenvalue weighted by Crippen LogP contribution is 2.45. The third kappa shape index (κ3) is 7.01. The second-order valence-electron chi connectivity index (χ2n) is 11.5. The molecule has 5 nitrogen and oxygen atoms in total. The minimum absolute atomic E-state index is 0.115. The Kier molecular flexibility index (Phi) is 9.60. The number of benzene rings is 3. The van der Waals surface area contributed by atoms with Gasteiger partial charge in [0.15, 0.2) is 11.5 Å². The van der Waals surface area contributed by atoms with Gasteiger partial charge in [0.25, 0.3) is 5.91 Å². The molecule has 1 aliphatic rings. The number of carbonyl (C=O) groups is 1. The second-order valence-corrected chi connectivity index (χ2v) is 14.1. The van der Waals surface area contributed by atoms with Crippen LogP contribution in [0.25, 0.3) is 0 Å². The number of halogens is 2. The summed E-state index contributed by atoms with van der Waals surface area (Å²) in [5.41, 5.74) is 4.56. The molecule has 5 rings (SSSR count). The van der Waals surface area contributed by atoms with Crippen LogP contribution in [-0.2, 0) is 19.4 Å². The maximum atomic E-state index is 13.6. The number of fused-ring (bicyclic) bond motifs is 1. The van der Waals surface area contributed by atoms with E-state index in [4.69, 9.17) is 26.1 Å². The van der Waals surface area contributed by atoms with E-state index in [1.165, 1.54) is 4.88 Å². The highest BCUT2D eigenvalue weighted by atomic mass is 127. The van der Waals surface area contributed by atoms with E-state index in [1.807, 2.05) is 66.7 Å². The molecule has 1 atom stereocenters. The Bertz CT molecular complexity index is 1610. The molecule has 218 valence electrons. The van der Waals surface area contributed by atoms with Gasteiger partial charge < -0.3 is 14.8 Å². The minimum Gasteiger partial charge on any atom is -0.493 e. The van der Waals surface area contributed by atoms with E-state index in [0.29, 0.717) is 34.6 Å². The lowest BCUT2D eigenvalue weighted by atomic mass is 9.72. The van der Waals surface area contributed by atoms with Gasteiger partial charge in [-0.15, -0.1) is 11.3 Å². The van der Waals surface area contributed by atoms with Gasteiger partial charge in [0, 0.05) is 27.4 Å². The van der Waals surface area contributed by atoms with Crippen LogP contribution >= 0.6 is 45.5 Å². The van der Waals surface area contributed by atoms with Crippen LogP contribution in [0.3, 0.4) is 0 Å². The van der Waals surface area contributed by atoms with Crippen molar-refractivity contribution in [2.45, 2.75) is 46.6 Å². The standard InChI is InChI=1S/C34H34ClIN2O3S/c1-34(2,3)23-14-15-25-29(18-23)42-33(30(25)32(39)38-24-11-6-5-7-12-24)37-19-21-16-27(36)31(28(17-21)40-4)41-20-22-10-8-9-13-26(22)35/h5-13,16-17,19,23H,14-15,18,20H2,1-4H3,(H,38,39)/t23-/m0/s1. The number of nitrogens with zero attached hydrogens (tertiary/aromatic N) is 1. The number of carbonyl (C=O) groups excluding carboxylic acids is 1. The van der Waals surface area contributed by atoms with Gasteiger partial charge in [0.2, 0.25) is 0 Å². The molecule has 8 heteroatoms. The molecule has 3 aromatic carbocycles. The summed E-state index contributed by atoms with van der Waals surface area (Å²) in [6.07, 6.45) is 4.71. The molecule has 0 aliphatic heterocycles. The SMILES string of the molecule is COc1cc(C=Nc2sc3c(c2C(=O)Nc2ccccc2)CC[C@H](C(C)(C)C)C3)cc(I)c1OCc1ccccc1Cl. The molecule has 0 radical (unpaired) electrons. The zero-order valence-electron chi connectivity index (χ0n) is 24.2. The summed E-state index contributed by atoms with van der Waals surface area (Å²) in [7, 11) is 1.62. The molecule has 0 saturated heterocycles. The van der Waals surface area contributed by atoms with Crippen LogP contribution in [0.1, 0.15) is 59.1 Å². The molecule has 42 heavy (non-hydrogen) atoms. The number of methoxy groups -OCH3 is 1. The predicted molar refractivity (Wildman–Crippen MR) is 182 cm³/mol. The van der Waals surface area contributed by atoms with Crippen molar-refractivity contribution >= 4 is 68.3 Å². The summed E-state index contributed by atoms with van der Waals surface area (Å²) in [6, 6.07) is 21.1. The maximum Gasteiger partial charge on any atom is 0.259 e. The van der Waals surface area contributed by atoms with Crippen LogP contribution in [0.5, 0.6) is 11.5 Å². The van der Waals surface area contributed by atoms with Gasteiger partial charge in [-0.3, -0.25) is 4.79 Å². The van der Waals surface area contributed by atoms with Crippen molar-refractivity contribution in [3.63, 3.8) is 0 Å². The lowest BCUT2D eigenvalue weighted by molar-refractivity contribution is 0.102. The van der Waals surface area contributed by atoms with E-state index in [-0.39, 0.29) is 11.3 Å². The number of ether oxygens (including phenoxy) is 2. The normalized spacial score (nSPS) is 15.0. The van der Waals surface area contributed by atoms with Gasteiger partial charge in [-0.25, -0.2) is 4.99 Å². The van der Waals surface area contributed by atoms with E-state index in [1.54, 1.807) is 24.7 Å². The predicted octanol–water partition coefficient (Wildman–Crippen LogP) is 9.75. The van der Waals surface area contributed by atoms with E-state index < -0.39 is 0 Å². The number of nitrogens with one attached hydrogen (secondary N) is 1. The Morgan fingerprint density at radius 1 is 1.14 bits per heavy atom. The topological polar surface area (TPSA) is 59.9 Å². The maximum absolute atomic E-state index is 13.6. The van der Waals surface area contributed by atoms with Crippen LogP contribution in [0, 0.1) is 14.9 Å². The van der Waals surface area contributed by atoms with Crippen LogP contribution < -0.4 is 14.8 Å². The molecule has 1 amide bonds. The number of aliphatic imine (C=N–C) groups is 1. The Morgan fingerprint density at radius 3 is 2.60 bits per heavy atom. The Labute approximate surface area is 270 Å². The van der Waals surface area contributed by atoms with Crippen molar-refractivity contribution in [3.05, 3.63) is 102 Å². The Morgan fingerprint density at radius 2 is 1.88 bits per heavy atom. The van der Waals surface area contributed by atoms with Gasteiger partial charge in [0.1, 0.15) is 11.6 Å². The molecule has 1 heterocycles. The molecule has 1 N–H and O–H groups in total. The molecule has 4 aromatic rings. The molecule has 0 unspecified atom stereocenters. The minimum atomic E-state index is -0.115. The van der Waals surface area contributed by atoms with Crippen molar-refractivity contribution in [1.82, 2.24) is 0 Å². The highest BCUT2D eigenvalue weighted by molar-refractivity contribution is 14.1. The van der Waals surface area contributed by atoms with E-state index in [2.05, 4.69) is 48.7 Å². The average molecular weight is 713 g/mol. The van der Waals surface area contributed by atoms with Gasteiger partial charge >= 0.3 is 0 Å². The largest absolute Gasteiger partial charge is 0.493 e. The molecular weight excluding hydrogens is 679 g/mol. The van der Waals surface area contributed by atoms with Crippen LogP contribution in [0.15, 0.2) is 71.7 Å². The fourth-order valence-electron chi connectivity index (χ4n) is 5.20. The number of para-hydroxylation sites is 1. The Balaban J connectivity index is 1.45. The summed E-state index contributed by atoms with van der Waals surface area (Å²) >= 11 is 10.2. The lowest BCUT2D eigenvalue weighted by Gasteiger charge is -2.33. The smallest absolute Gasteiger partial charge is 0.259 e. The third-order valence-electron chi connectivity index (χ3n) is 7.64. The van der Waals surface area contributed by atoms with Crippen molar-refractivity contribution in [3.8, 4) is 11.5 Å². The fourth-order valence-corrected chi connectivity index (χ4v) is 7.44. The monoisotopic (exact) mass is 712 g/mol. The van der Waals surface area contributed by atoms with Crippen molar-refractivity contribution in [2.75, 3.05) is 12.4 Å². The van der Waals surface area contributed by atoms with Crippen molar-refractivity contribution < 1.29 is 14.3 Å². The summed E-state index contributed by atoms with van der Waals surface area (Å²) in [5.74, 6) is 1.71. The number of hydrogen-bond acceptors (Lipinski definition) is 5. The number of anilines is 1. The zero-order chi connectivity index (χ0) is 29.9. The fraction of sp³-hybridized carbons (Fsp3) is 0.294. The number of amides is 1. The average Bonchev–Trinajstić information content (AvgIpc) is 3.34. The molecule has 0 spiro atoms. The molecule has 1 aromatic heterocycles. The molecular formula is C34H34ClIN2O3S. The first-order chi connectivity index (χ1) is 20.1. The van der Waals surface area contributed by atoms with Crippen LogP contribution in [0.2, 0.25) is 5.02 Å². The molecule has 1 aliphatic carbocycles. The van der Waals surface area contributed by atoms with Crippen LogP contribution in [0.4, 0.5) is 10.7 Å². The van der Waals surface area contributed by atoms with Gasteiger partial charge in [-0.05, 0) is 94.6 Å². The quantitative estimate of drug-likeness (QED) is 0.146. The van der Waals surface area contributed by atoms with Gasteiger partial charge in [-0.1, -0.05) is 68.8 Å². The summed E-state index contributed by atoms with van der Waals surface area (Å²) < 4.78 is 12.7. The second kappa shape index (κ2) is 13.2. The van der Waals surface area contributed by atoms with Crippen molar-refractivity contribution in [1.29, 1.82) is 0 Å². The molecule has 0 bridgehead atoms. The first-order valence-corrected chi connectivity index (χ1v) is 16.2. The number of rotatable bonds is 8. The summed E-state index contributed by atoms with van der Waals surface area (Å²) in [5, 5.41) is 4.48. The number of hydrogen-bond donors (Lipinski definition) is 1. The molecule has 0 saturated carbocycles. The lowest BCUT2D eigenvalue weighted by Crippen LogP contribution is -2.27. The zero-order valence-corrected chi connectivity index (χ0v) is 27.9. The first-order valence-electron chi connectivity index (χ1n) is 13.9. The van der Waals surface area contributed by atoms with E-state index >= 15 is 0 Å². The summed E-state index contributed by atoms with van der Waals surface area (Å²) in [4.78, 5) is 19.8. The van der Waals surface area contributed by atoms with E-state index in [0.717, 1.165) is 50.2 Å². The van der Waals surface area contributed by atoms with Crippen molar-refractivity contribution in [2.24, 2.45) is 16.3 Å².